The number of nitrogens with two attached hydrogens (primary N) is 1. The van der Waals surface area contributed by atoms with Gasteiger partial charge in [0.05, 0.1) is 6.04 Å². The second-order valence-corrected chi connectivity index (χ2v) is 4.14. The fourth-order valence-electron chi connectivity index (χ4n) is 2.41. The first-order chi connectivity index (χ1) is 6.90. The van der Waals surface area contributed by atoms with Crippen molar-refractivity contribution >= 4 is 0 Å². The van der Waals surface area contributed by atoms with Gasteiger partial charge in [-0.15, -0.1) is 0 Å². The number of aromatic nitrogens is 3. The molecule has 0 radical (unpaired) electrons. The lowest BCUT2D eigenvalue weighted by Crippen LogP contribution is -2.21. The molecule has 1 fully saturated rings. The molecule has 4 nitrogen and oxygen atoms in total. The highest BCUT2D eigenvalue weighted by Gasteiger charge is 2.22. The van der Waals surface area contributed by atoms with Crippen LogP contribution in [-0.4, -0.2) is 21.3 Å². The Bertz CT molecular complexity index is 255. The molecule has 0 aromatic carbocycles. The van der Waals surface area contributed by atoms with Gasteiger partial charge in [-0.2, -0.15) is 5.10 Å². The summed E-state index contributed by atoms with van der Waals surface area (Å²) in [6.07, 6.45) is 9.70. The van der Waals surface area contributed by atoms with Crippen molar-refractivity contribution in [2.75, 3.05) is 6.54 Å². The molecule has 0 amide bonds. The average Bonchev–Trinajstić information content (AvgIpc) is 2.71. The van der Waals surface area contributed by atoms with E-state index in [1.54, 1.807) is 6.33 Å². The van der Waals surface area contributed by atoms with Crippen molar-refractivity contribution in [1.82, 2.24) is 14.8 Å². The van der Waals surface area contributed by atoms with Gasteiger partial charge in [0.1, 0.15) is 12.7 Å². The van der Waals surface area contributed by atoms with Gasteiger partial charge < -0.3 is 5.73 Å². The molecule has 0 bridgehead atoms. The first-order valence-corrected chi connectivity index (χ1v) is 5.44. The van der Waals surface area contributed by atoms with Crippen LogP contribution in [0.3, 0.4) is 0 Å². The smallest absolute Gasteiger partial charge is 0.137 e. The highest BCUT2D eigenvalue weighted by Crippen LogP contribution is 2.33. The molecular formula is C10H18N4. The SMILES string of the molecule is NCCC1CCCC(n2cncn2)C1. The maximum absolute atomic E-state index is 5.59. The van der Waals surface area contributed by atoms with Crippen LogP contribution in [0.25, 0.3) is 0 Å². The third-order valence-corrected chi connectivity index (χ3v) is 3.14. The van der Waals surface area contributed by atoms with E-state index < -0.39 is 0 Å². The second-order valence-electron chi connectivity index (χ2n) is 4.14. The third-order valence-electron chi connectivity index (χ3n) is 3.14. The van der Waals surface area contributed by atoms with Crippen LogP contribution in [0.4, 0.5) is 0 Å². The summed E-state index contributed by atoms with van der Waals surface area (Å²) in [7, 11) is 0. The molecule has 2 atom stereocenters. The minimum Gasteiger partial charge on any atom is -0.330 e. The van der Waals surface area contributed by atoms with Crippen LogP contribution in [0, 0.1) is 5.92 Å². The highest BCUT2D eigenvalue weighted by molar-refractivity contribution is 4.77. The Hall–Kier alpha value is -0.900. The van der Waals surface area contributed by atoms with E-state index in [1.807, 2.05) is 11.0 Å². The molecule has 0 aliphatic heterocycles. The first-order valence-electron chi connectivity index (χ1n) is 5.44. The summed E-state index contributed by atoms with van der Waals surface area (Å²) < 4.78 is 2.00. The van der Waals surface area contributed by atoms with Crippen molar-refractivity contribution in [1.29, 1.82) is 0 Å². The predicted octanol–water partition coefficient (Wildman–Crippen LogP) is 1.36. The van der Waals surface area contributed by atoms with E-state index in [2.05, 4.69) is 10.1 Å². The summed E-state index contributed by atoms with van der Waals surface area (Å²) in [5.74, 6) is 0.794. The van der Waals surface area contributed by atoms with E-state index in [9.17, 15) is 0 Å². The molecule has 1 heterocycles. The standard InChI is InChI=1S/C10H18N4/c11-5-4-9-2-1-3-10(6-9)14-8-12-7-13-14/h7-10H,1-6,11H2. The predicted molar refractivity (Wildman–Crippen MR) is 54.7 cm³/mol. The first kappa shape index (κ1) is 9.65. The monoisotopic (exact) mass is 194 g/mol. The van der Waals surface area contributed by atoms with Gasteiger partial charge in [0.2, 0.25) is 0 Å². The maximum Gasteiger partial charge on any atom is 0.137 e. The van der Waals surface area contributed by atoms with Crippen molar-refractivity contribution in [2.45, 2.75) is 38.1 Å². The largest absolute Gasteiger partial charge is 0.330 e. The molecule has 0 saturated heterocycles. The van der Waals surface area contributed by atoms with Crippen molar-refractivity contribution < 1.29 is 0 Å². The summed E-state index contributed by atoms with van der Waals surface area (Å²) >= 11 is 0. The van der Waals surface area contributed by atoms with E-state index in [0.29, 0.717) is 6.04 Å². The van der Waals surface area contributed by atoms with E-state index in [4.69, 9.17) is 5.73 Å². The van der Waals surface area contributed by atoms with Gasteiger partial charge >= 0.3 is 0 Å². The van der Waals surface area contributed by atoms with Crippen LogP contribution in [0.15, 0.2) is 12.7 Å². The third kappa shape index (κ3) is 2.12. The van der Waals surface area contributed by atoms with Gasteiger partial charge in [-0.3, -0.25) is 0 Å². The zero-order valence-corrected chi connectivity index (χ0v) is 8.47. The van der Waals surface area contributed by atoms with Gasteiger partial charge in [0.15, 0.2) is 0 Å². The van der Waals surface area contributed by atoms with Crippen molar-refractivity contribution in [3.05, 3.63) is 12.7 Å². The minimum atomic E-state index is 0.558. The van der Waals surface area contributed by atoms with Crippen molar-refractivity contribution in [2.24, 2.45) is 11.7 Å². The van der Waals surface area contributed by atoms with Crippen LogP contribution >= 0.6 is 0 Å². The van der Waals surface area contributed by atoms with E-state index in [-0.39, 0.29) is 0 Å². The van der Waals surface area contributed by atoms with Crippen LogP contribution < -0.4 is 5.73 Å². The summed E-state index contributed by atoms with van der Waals surface area (Å²) in [5.41, 5.74) is 5.59. The van der Waals surface area contributed by atoms with Crippen LogP contribution in [0.5, 0.6) is 0 Å². The van der Waals surface area contributed by atoms with Crippen molar-refractivity contribution in [3.8, 4) is 0 Å². The molecule has 1 saturated carbocycles. The Labute approximate surface area is 84.5 Å². The average molecular weight is 194 g/mol. The normalized spacial score (nSPS) is 27.8. The molecule has 2 unspecified atom stereocenters. The van der Waals surface area contributed by atoms with Crippen molar-refractivity contribution in [3.63, 3.8) is 0 Å². The quantitative estimate of drug-likeness (QED) is 0.790. The lowest BCUT2D eigenvalue weighted by Gasteiger charge is -2.28. The van der Waals surface area contributed by atoms with Gasteiger partial charge in [0, 0.05) is 0 Å². The Morgan fingerprint density at radius 2 is 2.36 bits per heavy atom. The van der Waals surface area contributed by atoms with Crippen LogP contribution in [0.2, 0.25) is 0 Å². The minimum absolute atomic E-state index is 0.558. The van der Waals surface area contributed by atoms with E-state index >= 15 is 0 Å². The molecule has 2 N–H and O–H groups in total. The Kier molecular flexibility index (Phi) is 3.14. The van der Waals surface area contributed by atoms with Gasteiger partial charge in [0.25, 0.3) is 0 Å². The lowest BCUT2D eigenvalue weighted by molar-refractivity contribution is 0.244. The molecule has 78 valence electrons. The number of rotatable bonds is 3. The van der Waals surface area contributed by atoms with E-state index in [0.717, 1.165) is 18.9 Å². The number of hydrogen-bond acceptors (Lipinski definition) is 3. The second kappa shape index (κ2) is 4.55. The lowest BCUT2D eigenvalue weighted by atomic mass is 9.84. The molecule has 2 rings (SSSR count). The van der Waals surface area contributed by atoms with E-state index in [1.165, 1.54) is 25.7 Å². The molecule has 1 aliphatic carbocycles. The van der Waals surface area contributed by atoms with Crippen LogP contribution in [-0.2, 0) is 0 Å². The molecular weight excluding hydrogens is 176 g/mol. The van der Waals surface area contributed by atoms with Gasteiger partial charge in [-0.25, -0.2) is 9.67 Å². The molecule has 4 heteroatoms. The van der Waals surface area contributed by atoms with Gasteiger partial charge in [-0.05, 0) is 31.7 Å². The zero-order chi connectivity index (χ0) is 9.80. The zero-order valence-electron chi connectivity index (χ0n) is 8.47. The Balaban J connectivity index is 1.94. The summed E-state index contributed by atoms with van der Waals surface area (Å²) in [6.45, 7) is 0.814. The highest BCUT2D eigenvalue weighted by atomic mass is 15.3. The number of nitrogens with zero attached hydrogens (tertiary/aromatic N) is 3. The molecule has 1 aromatic heterocycles. The summed E-state index contributed by atoms with van der Waals surface area (Å²) in [6, 6.07) is 0.558. The molecule has 14 heavy (non-hydrogen) atoms. The molecule has 1 aliphatic rings. The summed E-state index contributed by atoms with van der Waals surface area (Å²) in [4.78, 5) is 4.00. The molecule has 0 spiro atoms. The number of hydrogen-bond donors (Lipinski definition) is 1. The fourth-order valence-corrected chi connectivity index (χ4v) is 2.41. The topological polar surface area (TPSA) is 56.7 Å². The fraction of sp³-hybridized carbons (Fsp3) is 0.800. The Morgan fingerprint density at radius 3 is 3.07 bits per heavy atom. The van der Waals surface area contributed by atoms with Crippen LogP contribution in [0.1, 0.15) is 38.1 Å². The molecule has 1 aromatic rings. The maximum atomic E-state index is 5.59. The Morgan fingerprint density at radius 1 is 1.43 bits per heavy atom. The summed E-state index contributed by atoms with van der Waals surface area (Å²) in [5, 5.41) is 4.21. The van der Waals surface area contributed by atoms with Gasteiger partial charge in [-0.1, -0.05) is 12.8 Å².